The molecule has 0 aliphatic heterocycles. The molecule has 0 aliphatic rings. The molecule has 0 saturated heterocycles. The molecule has 1 aromatic rings. The number of hydrogen-bond donors (Lipinski definition) is 0. The van der Waals surface area contributed by atoms with Crippen LogP contribution < -0.4 is 0 Å². The summed E-state index contributed by atoms with van der Waals surface area (Å²) in [6.45, 7) is 7.86. The average molecular weight is 206 g/mol. The van der Waals surface area contributed by atoms with Gasteiger partial charge < -0.3 is 4.74 Å². The van der Waals surface area contributed by atoms with Gasteiger partial charge >= 0.3 is 5.97 Å². The minimum Gasteiger partial charge on any atom is -0.459 e. The van der Waals surface area contributed by atoms with Gasteiger partial charge in [-0.05, 0) is 31.4 Å². The zero-order valence-electron chi connectivity index (χ0n) is 9.78. The number of carbonyl (C=O) groups is 1. The van der Waals surface area contributed by atoms with E-state index in [1.165, 1.54) is 0 Å². The number of rotatable bonds is 3. The predicted molar refractivity (Wildman–Crippen MR) is 61.1 cm³/mol. The molecule has 0 bridgehead atoms. The van der Waals surface area contributed by atoms with E-state index in [0.717, 1.165) is 5.56 Å². The zero-order chi connectivity index (χ0) is 11.4. The van der Waals surface area contributed by atoms with Crippen LogP contribution in [0.2, 0.25) is 0 Å². The molecule has 2 heteroatoms. The fourth-order valence-corrected chi connectivity index (χ4v) is 1.46. The Morgan fingerprint density at radius 1 is 1.13 bits per heavy atom. The molecule has 0 amide bonds. The van der Waals surface area contributed by atoms with Crippen LogP contribution in [0.5, 0.6) is 0 Å². The van der Waals surface area contributed by atoms with Gasteiger partial charge in [-0.25, -0.2) is 4.79 Å². The predicted octanol–water partition coefficient (Wildman–Crippen LogP) is 3.38. The van der Waals surface area contributed by atoms with E-state index in [2.05, 4.69) is 13.8 Å². The summed E-state index contributed by atoms with van der Waals surface area (Å²) >= 11 is 0. The molecule has 0 heterocycles. The summed E-state index contributed by atoms with van der Waals surface area (Å²) in [5.74, 6) is 0.107. The molecule has 0 atom stereocenters. The van der Waals surface area contributed by atoms with Gasteiger partial charge in [-0.2, -0.15) is 0 Å². The Morgan fingerprint density at radius 3 is 2.27 bits per heavy atom. The monoisotopic (exact) mass is 206 g/mol. The number of hydrogen-bond acceptors (Lipinski definition) is 2. The Labute approximate surface area is 91.3 Å². The second-order valence-electron chi connectivity index (χ2n) is 4.20. The van der Waals surface area contributed by atoms with Crippen LogP contribution in [0, 0.1) is 0 Å². The highest BCUT2D eigenvalue weighted by atomic mass is 16.5. The minimum atomic E-state index is -0.228. The van der Waals surface area contributed by atoms with E-state index < -0.39 is 0 Å². The summed E-state index contributed by atoms with van der Waals surface area (Å²) in [4.78, 5) is 11.8. The normalized spacial score (nSPS) is 10.8. The van der Waals surface area contributed by atoms with Gasteiger partial charge in [-0.1, -0.05) is 32.0 Å². The lowest BCUT2D eigenvalue weighted by atomic mass is 9.97. The third kappa shape index (κ3) is 3.08. The maximum atomic E-state index is 11.8. The largest absolute Gasteiger partial charge is 0.459 e. The first-order chi connectivity index (χ1) is 7.02. The molecular formula is C13H18O2. The molecule has 0 spiro atoms. The number of benzene rings is 1. The van der Waals surface area contributed by atoms with Gasteiger partial charge in [-0.3, -0.25) is 0 Å². The molecule has 1 aromatic carbocycles. The zero-order valence-corrected chi connectivity index (χ0v) is 9.78. The first-order valence-corrected chi connectivity index (χ1v) is 5.32. The molecule has 0 saturated carbocycles. The van der Waals surface area contributed by atoms with Crippen molar-refractivity contribution < 1.29 is 9.53 Å². The van der Waals surface area contributed by atoms with E-state index in [-0.39, 0.29) is 12.1 Å². The quantitative estimate of drug-likeness (QED) is 0.709. The van der Waals surface area contributed by atoms with Crippen molar-refractivity contribution in [2.75, 3.05) is 0 Å². The topological polar surface area (TPSA) is 26.3 Å². The second-order valence-corrected chi connectivity index (χ2v) is 4.20. The summed E-state index contributed by atoms with van der Waals surface area (Å²) in [7, 11) is 0. The highest BCUT2D eigenvalue weighted by Crippen LogP contribution is 2.20. The van der Waals surface area contributed by atoms with Gasteiger partial charge in [0.1, 0.15) is 0 Å². The lowest BCUT2D eigenvalue weighted by Gasteiger charge is -2.13. The number of carbonyl (C=O) groups excluding carboxylic acids is 1. The molecule has 15 heavy (non-hydrogen) atoms. The van der Waals surface area contributed by atoms with Crippen LogP contribution in [0.15, 0.2) is 24.3 Å². The maximum Gasteiger partial charge on any atom is 0.338 e. The minimum absolute atomic E-state index is 0.0716. The Hall–Kier alpha value is -1.31. The SMILES string of the molecule is CC(C)OC(=O)c1ccccc1C(C)C. The molecule has 2 nitrogen and oxygen atoms in total. The van der Waals surface area contributed by atoms with E-state index in [0.29, 0.717) is 11.5 Å². The van der Waals surface area contributed by atoms with Gasteiger partial charge in [0.2, 0.25) is 0 Å². The molecule has 0 aliphatic carbocycles. The molecule has 82 valence electrons. The average Bonchev–Trinajstić information content (AvgIpc) is 2.16. The first-order valence-electron chi connectivity index (χ1n) is 5.32. The van der Waals surface area contributed by atoms with Crippen LogP contribution in [0.25, 0.3) is 0 Å². The summed E-state index contributed by atoms with van der Waals surface area (Å²) in [6.07, 6.45) is -0.0716. The Kier molecular flexibility index (Phi) is 3.89. The van der Waals surface area contributed by atoms with Crippen molar-refractivity contribution in [2.24, 2.45) is 0 Å². The molecule has 0 radical (unpaired) electrons. The fourth-order valence-electron chi connectivity index (χ4n) is 1.46. The van der Waals surface area contributed by atoms with Gasteiger partial charge in [0.05, 0.1) is 11.7 Å². The second kappa shape index (κ2) is 4.96. The fraction of sp³-hybridized carbons (Fsp3) is 0.462. The third-order valence-corrected chi connectivity index (χ3v) is 2.15. The Morgan fingerprint density at radius 2 is 1.73 bits per heavy atom. The lowest BCUT2D eigenvalue weighted by molar-refractivity contribution is 0.0376. The van der Waals surface area contributed by atoms with E-state index in [4.69, 9.17) is 4.74 Å². The summed E-state index contributed by atoms with van der Waals surface area (Å²) < 4.78 is 5.19. The van der Waals surface area contributed by atoms with Gasteiger partial charge in [-0.15, -0.1) is 0 Å². The highest BCUT2D eigenvalue weighted by molar-refractivity contribution is 5.91. The molecule has 0 aromatic heterocycles. The van der Waals surface area contributed by atoms with Crippen molar-refractivity contribution in [1.29, 1.82) is 0 Å². The van der Waals surface area contributed by atoms with Crippen LogP contribution in [0.1, 0.15) is 49.5 Å². The van der Waals surface area contributed by atoms with Crippen molar-refractivity contribution in [2.45, 2.75) is 39.7 Å². The molecule has 1 rings (SSSR count). The van der Waals surface area contributed by atoms with Gasteiger partial charge in [0, 0.05) is 0 Å². The summed E-state index contributed by atoms with van der Waals surface area (Å²) in [5.41, 5.74) is 1.73. The molecular weight excluding hydrogens is 188 g/mol. The highest BCUT2D eigenvalue weighted by Gasteiger charge is 2.15. The smallest absolute Gasteiger partial charge is 0.338 e. The Bertz CT molecular complexity index is 340. The molecule has 0 fully saturated rings. The van der Waals surface area contributed by atoms with Crippen LogP contribution in [-0.4, -0.2) is 12.1 Å². The van der Waals surface area contributed by atoms with Crippen LogP contribution in [-0.2, 0) is 4.74 Å². The van der Waals surface area contributed by atoms with E-state index in [9.17, 15) is 4.79 Å². The van der Waals surface area contributed by atoms with Crippen molar-refractivity contribution >= 4 is 5.97 Å². The van der Waals surface area contributed by atoms with Gasteiger partial charge in [0.15, 0.2) is 0 Å². The van der Waals surface area contributed by atoms with Crippen LogP contribution in [0.4, 0.5) is 0 Å². The molecule has 0 unspecified atom stereocenters. The van der Waals surface area contributed by atoms with Crippen molar-refractivity contribution in [3.8, 4) is 0 Å². The number of ether oxygens (including phenoxy) is 1. The van der Waals surface area contributed by atoms with E-state index >= 15 is 0 Å². The summed E-state index contributed by atoms with van der Waals surface area (Å²) in [5, 5.41) is 0. The third-order valence-electron chi connectivity index (χ3n) is 2.15. The number of esters is 1. The van der Waals surface area contributed by atoms with Crippen LogP contribution in [0.3, 0.4) is 0 Å². The lowest BCUT2D eigenvalue weighted by Crippen LogP contribution is -2.13. The van der Waals surface area contributed by atoms with Crippen LogP contribution >= 0.6 is 0 Å². The van der Waals surface area contributed by atoms with Crippen molar-refractivity contribution in [3.63, 3.8) is 0 Å². The summed E-state index contributed by atoms with van der Waals surface area (Å²) in [6, 6.07) is 7.60. The molecule has 0 N–H and O–H groups in total. The van der Waals surface area contributed by atoms with Crippen molar-refractivity contribution in [3.05, 3.63) is 35.4 Å². The standard InChI is InChI=1S/C13H18O2/c1-9(2)11-7-5-6-8-12(11)13(14)15-10(3)4/h5-10H,1-4H3. The van der Waals surface area contributed by atoms with E-state index in [1.54, 1.807) is 0 Å². The van der Waals surface area contributed by atoms with Crippen molar-refractivity contribution in [1.82, 2.24) is 0 Å². The first kappa shape index (κ1) is 11.8. The Balaban J connectivity index is 2.97. The van der Waals surface area contributed by atoms with Gasteiger partial charge in [0.25, 0.3) is 0 Å². The van der Waals surface area contributed by atoms with E-state index in [1.807, 2.05) is 38.1 Å². The maximum absolute atomic E-state index is 11.8.